The molecule has 0 radical (unpaired) electrons. The lowest BCUT2D eigenvalue weighted by Crippen LogP contribution is -2.26. The second-order valence-electron chi connectivity index (χ2n) is 6.54. The molecule has 0 saturated heterocycles. The van der Waals surface area contributed by atoms with Crippen molar-refractivity contribution in [3.05, 3.63) is 70.0 Å². The van der Waals surface area contributed by atoms with Crippen LogP contribution >= 0.6 is 11.8 Å². The fourth-order valence-corrected chi connectivity index (χ4v) is 3.98. The van der Waals surface area contributed by atoms with Gasteiger partial charge in [0.2, 0.25) is 0 Å². The summed E-state index contributed by atoms with van der Waals surface area (Å²) < 4.78 is 6.75. The first-order chi connectivity index (χ1) is 13.5. The summed E-state index contributed by atoms with van der Waals surface area (Å²) in [6.45, 7) is 4.72. The van der Waals surface area contributed by atoms with Crippen LogP contribution < -0.4 is 5.56 Å². The van der Waals surface area contributed by atoms with E-state index in [-0.39, 0.29) is 16.6 Å². The van der Waals surface area contributed by atoms with Gasteiger partial charge in [0.15, 0.2) is 10.9 Å². The van der Waals surface area contributed by atoms with Crippen molar-refractivity contribution in [2.75, 3.05) is 13.7 Å². The molecule has 1 heterocycles. The average Bonchev–Trinajstić information content (AvgIpc) is 2.73. The van der Waals surface area contributed by atoms with Crippen LogP contribution in [0.3, 0.4) is 0 Å². The average molecular weight is 397 g/mol. The van der Waals surface area contributed by atoms with E-state index in [4.69, 9.17) is 4.74 Å². The van der Waals surface area contributed by atoms with Gasteiger partial charge in [-0.05, 0) is 31.0 Å². The van der Waals surface area contributed by atoms with E-state index < -0.39 is 0 Å². The Morgan fingerprint density at radius 2 is 1.89 bits per heavy atom. The van der Waals surface area contributed by atoms with Crippen LogP contribution in [0.15, 0.2) is 58.5 Å². The molecule has 0 aliphatic heterocycles. The number of nitrogens with zero attached hydrogens (tertiary/aromatic N) is 2. The summed E-state index contributed by atoms with van der Waals surface area (Å²) in [6, 6.07) is 15.0. The van der Waals surface area contributed by atoms with E-state index in [1.807, 2.05) is 49.4 Å². The van der Waals surface area contributed by atoms with Crippen molar-refractivity contribution in [2.24, 2.45) is 0 Å². The number of para-hydroxylation sites is 1. The van der Waals surface area contributed by atoms with E-state index in [0.717, 1.165) is 6.42 Å². The number of carbonyl (C=O) groups excluding carboxylic acids is 1. The Kier molecular flexibility index (Phi) is 6.65. The highest BCUT2D eigenvalue weighted by Gasteiger charge is 2.20. The summed E-state index contributed by atoms with van der Waals surface area (Å²) in [6.07, 6.45) is 0.936. The molecule has 2 aromatic carbocycles. The molecule has 0 unspecified atom stereocenters. The zero-order valence-electron chi connectivity index (χ0n) is 16.3. The topological polar surface area (TPSA) is 61.2 Å². The molecule has 0 saturated carbocycles. The fourth-order valence-electron chi connectivity index (χ4n) is 2.97. The van der Waals surface area contributed by atoms with Crippen molar-refractivity contribution in [1.29, 1.82) is 0 Å². The van der Waals surface area contributed by atoms with E-state index in [1.54, 1.807) is 17.7 Å². The molecule has 1 aromatic heterocycles. The SMILES string of the molecule is CCc1ccc(C(=O)[C@@H](C)Sc2nc3ccccc3c(=O)n2CCOC)cc1. The Bertz CT molecular complexity index is 1030. The minimum absolute atomic E-state index is 0.0216. The second kappa shape index (κ2) is 9.17. The van der Waals surface area contributed by atoms with Gasteiger partial charge in [-0.2, -0.15) is 0 Å². The van der Waals surface area contributed by atoms with Crippen LogP contribution in [0.2, 0.25) is 0 Å². The van der Waals surface area contributed by atoms with Crippen molar-refractivity contribution in [2.45, 2.75) is 37.2 Å². The predicted octanol–water partition coefficient (Wildman–Crippen LogP) is 3.97. The molecule has 1 atom stereocenters. The fraction of sp³-hybridized carbons (Fsp3) is 0.318. The van der Waals surface area contributed by atoms with Crippen molar-refractivity contribution in [3.8, 4) is 0 Å². The third-order valence-electron chi connectivity index (χ3n) is 4.64. The Morgan fingerprint density at radius 3 is 2.57 bits per heavy atom. The normalized spacial score (nSPS) is 12.2. The number of aryl methyl sites for hydroxylation is 1. The lowest BCUT2D eigenvalue weighted by Gasteiger charge is -2.16. The molecule has 28 heavy (non-hydrogen) atoms. The highest BCUT2D eigenvalue weighted by Crippen LogP contribution is 2.25. The summed E-state index contributed by atoms with van der Waals surface area (Å²) >= 11 is 1.31. The van der Waals surface area contributed by atoms with Crippen molar-refractivity contribution < 1.29 is 9.53 Å². The van der Waals surface area contributed by atoms with Crippen molar-refractivity contribution in [1.82, 2.24) is 9.55 Å². The molecular weight excluding hydrogens is 372 g/mol. The molecule has 3 aromatic rings. The van der Waals surface area contributed by atoms with Gasteiger partial charge in [-0.3, -0.25) is 14.2 Å². The number of ketones is 1. The van der Waals surface area contributed by atoms with Gasteiger partial charge >= 0.3 is 0 Å². The second-order valence-corrected chi connectivity index (χ2v) is 7.84. The summed E-state index contributed by atoms with van der Waals surface area (Å²) in [5, 5.41) is 0.734. The maximum Gasteiger partial charge on any atom is 0.262 e. The molecule has 5 nitrogen and oxygen atoms in total. The van der Waals surface area contributed by atoms with Gasteiger partial charge < -0.3 is 4.74 Å². The summed E-state index contributed by atoms with van der Waals surface area (Å²) in [5.74, 6) is 0.0216. The Labute approximate surface area is 168 Å². The van der Waals surface area contributed by atoms with E-state index in [0.29, 0.717) is 34.8 Å². The molecule has 6 heteroatoms. The Hall–Kier alpha value is -2.44. The van der Waals surface area contributed by atoms with Crippen LogP contribution in [0.4, 0.5) is 0 Å². The molecule has 0 spiro atoms. The largest absolute Gasteiger partial charge is 0.383 e. The van der Waals surface area contributed by atoms with Gasteiger partial charge in [-0.25, -0.2) is 4.98 Å². The number of benzene rings is 2. The number of carbonyl (C=O) groups is 1. The minimum Gasteiger partial charge on any atom is -0.383 e. The number of hydrogen-bond acceptors (Lipinski definition) is 5. The highest BCUT2D eigenvalue weighted by atomic mass is 32.2. The highest BCUT2D eigenvalue weighted by molar-refractivity contribution is 8.00. The number of Topliss-reactive ketones (excluding diaryl/α,β-unsaturated/α-hetero) is 1. The molecule has 0 aliphatic carbocycles. The number of ether oxygens (including phenoxy) is 1. The summed E-state index contributed by atoms with van der Waals surface area (Å²) in [5.41, 5.74) is 2.39. The maximum absolute atomic E-state index is 12.9. The third kappa shape index (κ3) is 4.34. The van der Waals surface area contributed by atoms with Crippen LogP contribution in [0, 0.1) is 0 Å². The first kappa shape index (κ1) is 20.3. The summed E-state index contributed by atoms with van der Waals surface area (Å²) in [4.78, 5) is 30.4. The number of fused-ring (bicyclic) bond motifs is 1. The molecular formula is C22H24N2O3S. The van der Waals surface area contributed by atoms with Crippen LogP contribution in [0.5, 0.6) is 0 Å². The number of rotatable bonds is 8. The van der Waals surface area contributed by atoms with Gasteiger partial charge in [0.25, 0.3) is 5.56 Å². The zero-order valence-corrected chi connectivity index (χ0v) is 17.2. The van der Waals surface area contributed by atoms with E-state index in [9.17, 15) is 9.59 Å². The predicted molar refractivity (Wildman–Crippen MR) is 113 cm³/mol. The zero-order chi connectivity index (χ0) is 20.1. The molecule has 0 bridgehead atoms. The standard InChI is InChI=1S/C22H24N2O3S/c1-4-16-9-11-17(12-10-16)20(25)15(2)28-22-23-19-8-6-5-7-18(19)21(26)24(22)13-14-27-3/h5-12,15H,4,13-14H2,1-3H3/t15-/m1/s1. The lowest BCUT2D eigenvalue weighted by molar-refractivity contribution is 0.0994. The van der Waals surface area contributed by atoms with Crippen LogP contribution in [0.1, 0.15) is 29.8 Å². The Morgan fingerprint density at radius 1 is 1.18 bits per heavy atom. The third-order valence-corrected chi connectivity index (χ3v) is 5.73. The van der Waals surface area contributed by atoms with Crippen molar-refractivity contribution in [3.63, 3.8) is 0 Å². The van der Waals surface area contributed by atoms with E-state index >= 15 is 0 Å². The molecule has 0 fully saturated rings. The number of aromatic nitrogens is 2. The van der Waals surface area contributed by atoms with Gasteiger partial charge in [-0.1, -0.05) is 55.1 Å². The van der Waals surface area contributed by atoms with Crippen LogP contribution in [-0.2, 0) is 17.7 Å². The molecule has 0 amide bonds. The molecule has 0 aliphatic rings. The first-order valence-electron chi connectivity index (χ1n) is 9.33. The van der Waals surface area contributed by atoms with Gasteiger partial charge in [0, 0.05) is 12.7 Å². The number of hydrogen-bond donors (Lipinski definition) is 0. The Balaban J connectivity index is 1.92. The molecule has 0 N–H and O–H groups in total. The lowest BCUT2D eigenvalue weighted by atomic mass is 10.1. The van der Waals surface area contributed by atoms with Gasteiger partial charge in [-0.15, -0.1) is 0 Å². The van der Waals surface area contributed by atoms with Gasteiger partial charge in [0.05, 0.1) is 29.3 Å². The van der Waals surface area contributed by atoms with E-state index in [1.165, 1.54) is 17.3 Å². The molecule has 3 rings (SSSR count). The first-order valence-corrected chi connectivity index (χ1v) is 10.2. The van der Waals surface area contributed by atoms with Gasteiger partial charge in [0.1, 0.15) is 0 Å². The quantitative estimate of drug-likeness (QED) is 0.328. The summed E-state index contributed by atoms with van der Waals surface area (Å²) in [7, 11) is 1.60. The number of methoxy groups -OCH3 is 1. The van der Waals surface area contributed by atoms with Crippen LogP contribution in [0.25, 0.3) is 10.9 Å². The maximum atomic E-state index is 12.9. The molecule has 146 valence electrons. The minimum atomic E-state index is -0.366. The van der Waals surface area contributed by atoms with Crippen molar-refractivity contribution >= 4 is 28.4 Å². The number of thioether (sulfide) groups is 1. The van der Waals surface area contributed by atoms with E-state index in [2.05, 4.69) is 11.9 Å². The monoisotopic (exact) mass is 396 g/mol. The van der Waals surface area contributed by atoms with Crippen LogP contribution in [-0.4, -0.2) is 34.3 Å². The smallest absolute Gasteiger partial charge is 0.262 e.